The van der Waals surface area contributed by atoms with Crippen molar-refractivity contribution in [1.82, 2.24) is 15.0 Å². The second-order valence-electron chi connectivity index (χ2n) is 4.42. The number of ether oxygens (including phenoxy) is 1. The van der Waals surface area contributed by atoms with Crippen LogP contribution in [0.5, 0.6) is 11.8 Å². The number of hydrazine groups is 1. The van der Waals surface area contributed by atoms with Gasteiger partial charge in [0.2, 0.25) is 11.9 Å². The first kappa shape index (κ1) is 14.7. The van der Waals surface area contributed by atoms with Gasteiger partial charge in [0, 0.05) is 19.7 Å². The minimum atomic E-state index is 0.179. The van der Waals surface area contributed by atoms with Gasteiger partial charge in [0.25, 0.3) is 0 Å². The zero-order chi connectivity index (χ0) is 15.2. The fraction of sp³-hybridized carbons (Fsp3) is 0.214. The second-order valence-corrected chi connectivity index (χ2v) is 4.42. The topological polar surface area (TPSA) is 89.2 Å². The highest BCUT2D eigenvalue weighted by Gasteiger charge is 2.10. The van der Waals surface area contributed by atoms with Crippen LogP contribution in [0, 0.1) is 0 Å². The number of nitrogens with two attached hydrogens (primary N) is 1. The molecule has 1 aromatic carbocycles. The van der Waals surface area contributed by atoms with E-state index in [1.54, 1.807) is 4.90 Å². The SMILES string of the molecule is C/C=C/c1ccccc1Oc1nc(NN)nc(N(C)C)n1. The fourth-order valence-electron chi connectivity index (χ4n) is 1.65. The zero-order valence-corrected chi connectivity index (χ0v) is 12.2. The van der Waals surface area contributed by atoms with Crippen molar-refractivity contribution < 1.29 is 4.74 Å². The molecule has 110 valence electrons. The van der Waals surface area contributed by atoms with Crippen LogP contribution in [0.4, 0.5) is 11.9 Å². The summed E-state index contributed by atoms with van der Waals surface area (Å²) in [4.78, 5) is 14.2. The molecule has 2 aromatic rings. The fourth-order valence-corrected chi connectivity index (χ4v) is 1.65. The molecule has 0 unspecified atom stereocenters. The molecule has 2 rings (SSSR count). The summed E-state index contributed by atoms with van der Waals surface area (Å²) in [5, 5.41) is 0. The number of para-hydroxylation sites is 1. The van der Waals surface area contributed by atoms with Crippen LogP contribution in [0.15, 0.2) is 30.3 Å². The standard InChI is InChI=1S/C14H18N6O/c1-4-7-10-8-5-6-9-11(10)21-14-17-12(19-15)16-13(18-14)20(2)3/h4-9H,15H2,1-3H3,(H,16,17,18,19)/b7-4+. The molecule has 3 N–H and O–H groups in total. The molecule has 0 saturated carbocycles. The van der Waals surface area contributed by atoms with Gasteiger partial charge < -0.3 is 9.64 Å². The van der Waals surface area contributed by atoms with Crippen LogP contribution in [-0.4, -0.2) is 29.0 Å². The quantitative estimate of drug-likeness (QED) is 0.642. The lowest BCUT2D eigenvalue weighted by atomic mass is 10.2. The lowest BCUT2D eigenvalue weighted by Crippen LogP contribution is -2.17. The van der Waals surface area contributed by atoms with Crippen molar-refractivity contribution in [3.8, 4) is 11.8 Å². The molecule has 21 heavy (non-hydrogen) atoms. The monoisotopic (exact) mass is 286 g/mol. The Balaban J connectivity index is 2.37. The lowest BCUT2D eigenvalue weighted by molar-refractivity contribution is 0.439. The Bertz CT molecular complexity index is 641. The maximum absolute atomic E-state index is 5.76. The Morgan fingerprint density at radius 1 is 1.19 bits per heavy atom. The average molecular weight is 286 g/mol. The molecule has 0 spiro atoms. The van der Waals surface area contributed by atoms with Crippen molar-refractivity contribution in [2.24, 2.45) is 5.84 Å². The summed E-state index contributed by atoms with van der Waals surface area (Å²) in [6.45, 7) is 1.94. The summed E-state index contributed by atoms with van der Waals surface area (Å²) in [5.41, 5.74) is 3.34. The van der Waals surface area contributed by atoms with Gasteiger partial charge in [-0.15, -0.1) is 0 Å². The summed E-state index contributed by atoms with van der Waals surface area (Å²) < 4.78 is 5.76. The predicted molar refractivity (Wildman–Crippen MR) is 83.2 cm³/mol. The molecule has 0 aliphatic carbocycles. The highest BCUT2D eigenvalue weighted by molar-refractivity contribution is 5.57. The van der Waals surface area contributed by atoms with Crippen molar-refractivity contribution >= 4 is 18.0 Å². The number of hydrogen-bond donors (Lipinski definition) is 2. The van der Waals surface area contributed by atoms with E-state index in [2.05, 4.69) is 20.4 Å². The van der Waals surface area contributed by atoms with E-state index in [1.807, 2.05) is 57.4 Å². The average Bonchev–Trinajstić information content (AvgIpc) is 2.49. The largest absolute Gasteiger partial charge is 0.423 e. The summed E-state index contributed by atoms with van der Waals surface area (Å²) in [7, 11) is 3.65. The number of aromatic nitrogens is 3. The second kappa shape index (κ2) is 6.67. The van der Waals surface area contributed by atoms with Gasteiger partial charge in [-0.3, -0.25) is 5.43 Å². The van der Waals surface area contributed by atoms with Crippen LogP contribution in [0.2, 0.25) is 0 Å². The first-order valence-corrected chi connectivity index (χ1v) is 6.43. The van der Waals surface area contributed by atoms with Gasteiger partial charge in [-0.2, -0.15) is 15.0 Å². The van der Waals surface area contributed by atoms with Gasteiger partial charge in [-0.05, 0) is 13.0 Å². The lowest BCUT2D eigenvalue weighted by Gasteiger charge is -2.13. The van der Waals surface area contributed by atoms with Gasteiger partial charge in [-0.1, -0.05) is 30.4 Å². The molecule has 0 radical (unpaired) electrons. The molecule has 0 aliphatic heterocycles. The highest BCUT2D eigenvalue weighted by Crippen LogP contribution is 2.25. The molecule has 0 fully saturated rings. The Morgan fingerprint density at radius 2 is 1.95 bits per heavy atom. The van der Waals surface area contributed by atoms with Crippen molar-refractivity contribution in [2.45, 2.75) is 6.92 Å². The number of nitrogens with one attached hydrogen (secondary N) is 1. The Labute approximate surface area is 123 Å². The molecule has 1 heterocycles. The maximum atomic E-state index is 5.76. The smallest absolute Gasteiger partial charge is 0.328 e. The van der Waals surface area contributed by atoms with E-state index in [9.17, 15) is 0 Å². The van der Waals surface area contributed by atoms with Crippen LogP contribution < -0.4 is 20.9 Å². The minimum absolute atomic E-state index is 0.179. The summed E-state index contributed by atoms with van der Waals surface area (Å²) in [6.07, 6.45) is 3.89. The van der Waals surface area contributed by atoms with Gasteiger partial charge in [0.15, 0.2) is 0 Å². The van der Waals surface area contributed by atoms with Crippen molar-refractivity contribution in [2.75, 3.05) is 24.4 Å². The Hall–Kier alpha value is -2.67. The van der Waals surface area contributed by atoms with Crippen LogP contribution in [0.1, 0.15) is 12.5 Å². The first-order chi connectivity index (χ1) is 10.1. The number of benzene rings is 1. The molecule has 0 atom stereocenters. The number of anilines is 2. The van der Waals surface area contributed by atoms with Gasteiger partial charge in [0.05, 0.1) is 0 Å². The third kappa shape index (κ3) is 3.67. The van der Waals surface area contributed by atoms with Gasteiger partial charge in [0.1, 0.15) is 5.75 Å². The molecule has 7 heteroatoms. The Kier molecular flexibility index (Phi) is 4.68. The van der Waals surface area contributed by atoms with Crippen LogP contribution in [-0.2, 0) is 0 Å². The molecule has 0 amide bonds. The van der Waals surface area contributed by atoms with Gasteiger partial charge in [-0.25, -0.2) is 5.84 Å². The number of nitrogen functional groups attached to an aromatic ring is 1. The third-order valence-electron chi connectivity index (χ3n) is 2.60. The van der Waals surface area contributed by atoms with Crippen molar-refractivity contribution in [1.29, 1.82) is 0 Å². The van der Waals surface area contributed by atoms with E-state index in [-0.39, 0.29) is 12.0 Å². The van der Waals surface area contributed by atoms with E-state index >= 15 is 0 Å². The molecule has 0 aliphatic rings. The molecular weight excluding hydrogens is 268 g/mol. The number of hydrogen-bond acceptors (Lipinski definition) is 7. The van der Waals surface area contributed by atoms with Crippen molar-refractivity contribution in [3.63, 3.8) is 0 Å². The summed E-state index contributed by atoms with van der Waals surface area (Å²) in [5.74, 6) is 6.73. The third-order valence-corrected chi connectivity index (χ3v) is 2.60. The molecule has 0 bridgehead atoms. The number of nitrogens with zero attached hydrogens (tertiary/aromatic N) is 4. The minimum Gasteiger partial charge on any atom is -0.423 e. The van der Waals surface area contributed by atoms with Crippen LogP contribution in [0.25, 0.3) is 6.08 Å². The number of rotatable bonds is 5. The predicted octanol–water partition coefficient (Wildman–Crippen LogP) is 2.05. The van der Waals surface area contributed by atoms with E-state index in [1.165, 1.54) is 0 Å². The Morgan fingerprint density at radius 3 is 2.62 bits per heavy atom. The highest BCUT2D eigenvalue weighted by atomic mass is 16.5. The van der Waals surface area contributed by atoms with Gasteiger partial charge >= 0.3 is 6.01 Å². The normalized spacial score (nSPS) is 10.7. The molecule has 0 saturated heterocycles. The maximum Gasteiger partial charge on any atom is 0.328 e. The van der Waals surface area contributed by atoms with E-state index in [4.69, 9.17) is 10.6 Å². The van der Waals surface area contributed by atoms with E-state index in [0.29, 0.717) is 11.7 Å². The summed E-state index contributed by atoms with van der Waals surface area (Å²) >= 11 is 0. The number of allylic oxidation sites excluding steroid dienone is 1. The van der Waals surface area contributed by atoms with Crippen LogP contribution in [0.3, 0.4) is 0 Å². The molecule has 1 aromatic heterocycles. The van der Waals surface area contributed by atoms with E-state index in [0.717, 1.165) is 5.56 Å². The molecular formula is C14H18N6O. The van der Waals surface area contributed by atoms with Crippen molar-refractivity contribution in [3.05, 3.63) is 35.9 Å². The first-order valence-electron chi connectivity index (χ1n) is 6.43. The molecule has 7 nitrogen and oxygen atoms in total. The van der Waals surface area contributed by atoms with E-state index < -0.39 is 0 Å². The summed E-state index contributed by atoms with van der Waals surface area (Å²) in [6, 6.07) is 7.81. The zero-order valence-electron chi connectivity index (χ0n) is 12.2. The van der Waals surface area contributed by atoms with Crippen LogP contribution >= 0.6 is 0 Å².